The fourth-order valence-electron chi connectivity index (χ4n) is 2.38. The van der Waals surface area contributed by atoms with Gasteiger partial charge in [-0.1, -0.05) is 48.0 Å². The number of hydrogen-bond acceptors (Lipinski definition) is 3. The Hall–Kier alpha value is -2.10. The number of oxazole rings is 1. The van der Waals surface area contributed by atoms with Gasteiger partial charge in [0, 0.05) is 17.0 Å². The molecule has 2 aromatic carbocycles. The van der Waals surface area contributed by atoms with Crippen molar-refractivity contribution in [2.24, 2.45) is 0 Å². The third-order valence-corrected chi connectivity index (χ3v) is 3.73. The third-order valence-electron chi connectivity index (χ3n) is 3.50. The Morgan fingerprint density at radius 2 is 1.86 bits per heavy atom. The zero-order valence-corrected chi connectivity index (χ0v) is 13.0. The van der Waals surface area contributed by atoms with E-state index in [2.05, 4.69) is 4.98 Å². The highest BCUT2D eigenvalue weighted by Crippen LogP contribution is 2.25. The molecular formula is C18H16ClNO2. The minimum Gasteiger partial charge on any atom is -0.445 e. The standard InChI is InChI=1S/C18H16ClNO2/c1-12-18(15-7-5-13(11-21)6-8-15)20-17(22-12)10-14-3-2-4-16(19)9-14/h2-9,21H,10-11H2,1H3. The van der Waals surface area contributed by atoms with Crippen LogP contribution < -0.4 is 0 Å². The van der Waals surface area contributed by atoms with Crippen molar-refractivity contribution in [2.75, 3.05) is 0 Å². The van der Waals surface area contributed by atoms with Crippen molar-refractivity contribution >= 4 is 11.6 Å². The molecule has 22 heavy (non-hydrogen) atoms. The van der Waals surface area contributed by atoms with Crippen LogP contribution in [0.25, 0.3) is 11.3 Å². The average molecular weight is 314 g/mol. The molecule has 0 unspecified atom stereocenters. The van der Waals surface area contributed by atoms with Crippen molar-refractivity contribution < 1.29 is 9.52 Å². The van der Waals surface area contributed by atoms with Gasteiger partial charge in [-0.15, -0.1) is 0 Å². The average Bonchev–Trinajstić information content (AvgIpc) is 2.88. The second-order valence-electron chi connectivity index (χ2n) is 5.17. The molecule has 0 fully saturated rings. The third kappa shape index (κ3) is 3.21. The molecule has 0 atom stereocenters. The van der Waals surface area contributed by atoms with E-state index in [9.17, 15) is 0 Å². The molecule has 0 bridgehead atoms. The molecule has 0 aliphatic heterocycles. The van der Waals surface area contributed by atoms with Gasteiger partial charge >= 0.3 is 0 Å². The van der Waals surface area contributed by atoms with Gasteiger partial charge in [0.1, 0.15) is 11.5 Å². The number of halogens is 1. The number of aromatic nitrogens is 1. The normalized spacial score (nSPS) is 10.9. The predicted molar refractivity (Wildman–Crippen MR) is 86.9 cm³/mol. The summed E-state index contributed by atoms with van der Waals surface area (Å²) in [6, 6.07) is 15.3. The molecular weight excluding hydrogens is 298 g/mol. The van der Waals surface area contributed by atoms with Crippen LogP contribution in [0, 0.1) is 6.92 Å². The second kappa shape index (κ2) is 6.34. The van der Waals surface area contributed by atoms with Crippen LogP contribution in [0.5, 0.6) is 0 Å². The molecule has 0 amide bonds. The Morgan fingerprint density at radius 1 is 1.09 bits per heavy atom. The summed E-state index contributed by atoms with van der Waals surface area (Å²) in [5.74, 6) is 1.45. The first-order valence-electron chi connectivity index (χ1n) is 7.06. The number of aliphatic hydroxyl groups is 1. The van der Waals surface area contributed by atoms with Gasteiger partial charge in [0.15, 0.2) is 5.89 Å². The quantitative estimate of drug-likeness (QED) is 0.777. The predicted octanol–water partition coefficient (Wildman–Crippen LogP) is 4.39. The van der Waals surface area contributed by atoms with Crippen molar-refractivity contribution in [3.05, 3.63) is 76.3 Å². The van der Waals surface area contributed by atoms with E-state index in [1.807, 2.05) is 55.5 Å². The van der Waals surface area contributed by atoms with E-state index in [1.54, 1.807) is 0 Å². The first kappa shape index (κ1) is 14.8. The minimum atomic E-state index is 0.0398. The zero-order chi connectivity index (χ0) is 15.5. The SMILES string of the molecule is Cc1oc(Cc2cccc(Cl)c2)nc1-c1ccc(CO)cc1. The zero-order valence-electron chi connectivity index (χ0n) is 12.2. The van der Waals surface area contributed by atoms with E-state index in [0.29, 0.717) is 17.3 Å². The fraction of sp³-hybridized carbons (Fsp3) is 0.167. The lowest BCUT2D eigenvalue weighted by Gasteiger charge is -1.99. The summed E-state index contributed by atoms with van der Waals surface area (Å²) in [5, 5.41) is 9.81. The van der Waals surface area contributed by atoms with Gasteiger partial charge in [0.05, 0.1) is 6.61 Å². The van der Waals surface area contributed by atoms with Crippen LogP contribution in [-0.2, 0) is 13.0 Å². The molecule has 1 heterocycles. The molecule has 3 rings (SSSR count). The number of rotatable bonds is 4. The second-order valence-corrected chi connectivity index (χ2v) is 5.61. The van der Waals surface area contributed by atoms with E-state index in [0.717, 1.165) is 28.1 Å². The molecule has 0 spiro atoms. The van der Waals surface area contributed by atoms with Crippen molar-refractivity contribution in [3.8, 4) is 11.3 Å². The van der Waals surface area contributed by atoms with Gasteiger partial charge in [-0.3, -0.25) is 0 Å². The lowest BCUT2D eigenvalue weighted by atomic mass is 10.1. The molecule has 0 saturated heterocycles. The van der Waals surface area contributed by atoms with Crippen molar-refractivity contribution in [2.45, 2.75) is 20.0 Å². The number of aryl methyl sites for hydroxylation is 1. The fourth-order valence-corrected chi connectivity index (χ4v) is 2.60. The molecule has 4 heteroatoms. The summed E-state index contributed by atoms with van der Waals surface area (Å²) in [6.45, 7) is 1.95. The van der Waals surface area contributed by atoms with E-state index in [4.69, 9.17) is 21.1 Å². The Kier molecular flexibility index (Phi) is 4.27. The van der Waals surface area contributed by atoms with Crippen molar-refractivity contribution in [1.29, 1.82) is 0 Å². The molecule has 3 aromatic rings. The molecule has 1 aromatic heterocycles. The summed E-state index contributed by atoms with van der Waals surface area (Å²) < 4.78 is 5.77. The van der Waals surface area contributed by atoms with Gasteiger partial charge in [0.25, 0.3) is 0 Å². The summed E-state index contributed by atoms with van der Waals surface area (Å²) in [7, 11) is 0. The maximum Gasteiger partial charge on any atom is 0.199 e. The number of hydrogen-bond donors (Lipinski definition) is 1. The Morgan fingerprint density at radius 3 is 2.55 bits per heavy atom. The molecule has 112 valence electrons. The number of nitrogens with zero attached hydrogens (tertiary/aromatic N) is 1. The summed E-state index contributed by atoms with van der Waals surface area (Å²) in [6.07, 6.45) is 0.607. The Bertz CT molecular complexity index is 778. The highest BCUT2D eigenvalue weighted by molar-refractivity contribution is 6.30. The highest BCUT2D eigenvalue weighted by atomic mass is 35.5. The maximum atomic E-state index is 9.10. The first-order chi connectivity index (χ1) is 10.7. The van der Waals surface area contributed by atoms with Crippen LogP contribution in [0.4, 0.5) is 0 Å². The Balaban J connectivity index is 1.86. The van der Waals surface area contributed by atoms with E-state index < -0.39 is 0 Å². The minimum absolute atomic E-state index is 0.0398. The lowest BCUT2D eigenvalue weighted by molar-refractivity contribution is 0.282. The maximum absolute atomic E-state index is 9.10. The monoisotopic (exact) mass is 313 g/mol. The number of benzene rings is 2. The van der Waals surface area contributed by atoms with Gasteiger partial charge in [-0.05, 0) is 30.2 Å². The summed E-state index contributed by atoms with van der Waals surface area (Å²) in [5.41, 5.74) is 3.76. The molecule has 3 nitrogen and oxygen atoms in total. The summed E-state index contributed by atoms with van der Waals surface area (Å²) >= 11 is 6.00. The van der Waals surface area contributed by atoms with Gasteiger partial charge < -0.3 is 9.52 Å². The van der Waals surface area contributed by atoms with Crippen LogP contribution in [0.2, 0.25) is 5.02 Å². The van der Waals surface area contributed by atoms with Crippen LogP contribution in [-0.4, -0.2) is 10.1 Å². The molecule has 0 saturated carbocycles. The first-order valence-corrected chi connectivity index (χ1v) is 7.44. The van der Waals surface area contributed by atoms with E-state index in [-0.39, 0.29) is 6.61 Å². The van der Waals surface area contributed by atoms with E-state index in [1.165, 1.54) is 0 Å². The lowest BCUT2D eigenvalue weighted by Crippen LogP contribution is -1.89. The van der Waals surface area contributed by atoms with Gasteiger partial charge in [0.2, 0.25) is 0 Å². The smallest absolute Gasteiger partial charge is 0.199 e. The molecule has 0 aliphatic carbocycles. The van der Waals surface area contributed by atoms with Gasteiger partial charge in [-0.2, -0.15) is 0 Å². The van der Waals surface area contributed by atoms with Crippen molar-refractivity contribution in [3.63, 3.8) is 0 Å². The van der Waals surface area contributed by atoms with Crippen LogP contribution in [0.15, 0.2) is 52.9 Å². The van der Waals surface area contributed by atoms with Gasteiger partial charge in [-0.25, -0.2) is 4.98 Å². The Labute approximate surface area is 134 Å². The van der Waals surface area contributed by atoms with Crippen LogP contribution >= 0.6 is 11.6 Å². The van der Waals surface area contributed by atoms with Crippen LogP contribution in [0.1, 0.15) is 22.8 Å². The molecule has 0 aliphatic rings. The highest BCUT2D eigenvalue weighted by Gasteiger charge is 2.12. The molecule has 0 radical (unpaired) electrons. The summed E-state index contributed by atoms with van der Waals surface area (Å²) in [4.78, 5) is 4.59. The molecule has 1 N–H and O–H groups in total. The van der Waals surface area contributed by atoms with E-state index >= 15 is 0 Å². The largest absolute Gasteiger partial charge is 0.445 e. The van der Waals surface area contributed by atoms with Crippen LogP contribution in [0.3, 0.4) is 0 Å². The topological polar surface area (TPSA) is 46.3 Å². The number of aliphatic hydroxyl groups excluding tert-OH is 1. The van der Waals surface area contributed by atoms with Crippen molar-refractivity contribution in [1.82, 2.24) is 4.98 Å².